The number of carbonyl (C=O) groups is 1. The Morgan fingerprint density at radius 1 is 1.22 bits per heavy atom. The number of anilines is 1. The summed E-state index contributed by atoms with van der Waals surface area (Å²) in [5.74, 6) is 0.262. The van der Waals surface area contributed by atoms with E-state index < -0.39 is 0 Å². The third-order valence-corrected chi connectivity index (χ3v) is 4.15. The van der Waals surface area contributed by atoms with Crippen LogP contribution in [-0.2, 0) is 4.79 Å². The van der Waals surface area contributed by atoms with Crippen molar-refractivity contribution in [2.75, 3.05) is 5.32 Å². The summed E-state index contributed by atoms with van der Waals surface area (Å²) in [6, 6.07) is 11.1. The molecule has 0 radical (unpaired) electrons. The SMILES string of the molecule is CC(=O)Nc1cccnc1Sc1nnc(-c2ccc(Br)cc2)o1. The zero-order valence-corrected chi connectivity index (χ0v) is 14.4. The molecular formula is C15H11BrN4O2S. The molecule has 1 N–H and O–H groups in total. The Labute approximate surface area is 144 Å². The Hall–Kier alpha value is -2.19. The fraction of sp³-hybridized carbons (Fsp3) is 0.0667. The highest BCUT2D eigenvalue weighted by Crippen LogP contribution is 2.32. The predicted octanol–water partition coefficient (Wildman–Crippen LogP) is 4.00. The van der Waals surface area contributed by atoms with Crippen molar-refractivity contribution in [3.8, 4) is 11.5 Å². The molecule has 0 spiro atoms. The van der Waals surface area contributed by atoms with Gasteiger partial charge < -0.3 is 9.73 Å². The van der Waals surface area contributed by atoms with Crippen LogP contribution in [0.15, 0.2) is 61.7 Å². The molecule has 3 aromatic rings. The van der Waals surface area contributed by atoms with E-state index in [2.05, 4.69) is 36.4 Å². The fourth-order valence-electron chi connectivity index (χ4n) is 1.80. The Balaban J connectivity index is 1.82. The lowest BCUT2D eigenvalue weighted by molar-refractivity contribution is -0.114. The molecule has 0 aliphatic rings. The lowest BCUT2D eigenvalue weighted by atomic mass is 10.2. The lowest BCUT2D eigenvalue weighted by Gasteiger charge is -2.05. The molecule has 2 aromatic heterocycles. The summed E-state index contributed by atoms with van der Waals surface area (Å²) in [6.45, 7) is 1.44. The molecule has 0 aliphatic heterocycles. The molecule has 2 heterocycles. The van der Waals surface area contributed by atoms with E-state index in [1.165, 1.54) is 18.7 Å². The highest BCUT2D eigenvalue weighted by atomic mass is 79.9. The highest BCUT2D eigenvalue weighted by molar-refractivity contribution is 9.10. The summed E-state index contributed by atoms with van der Waals surface area (Å²) in [5, 5.41) is 11.7. The number of amides is 1. The van der Waals surface area contributed by atoms with Gasteiger partial charge in [-0.3, -0.25) is 4.79 Å². The molecule has 23 heavy (non-hydrogen) atoms. The van der Waals surface area contributed by atoms with E-state index in [0.29, 0.717) is 21.8 Å². The quantitative estimate of drug-likeness (QED) is 0.724. The van der Waals surface area contributed by atoms with Gasteiger partial charge in [-0.25, -0.2) is 4.98 Å². The van der Waals surface area contributed by atoms with Crippen LogP contribution in [0.5, 0.6) is 0 Å². The van der Waals surface area contributed by atoms with Crippen molar-refractivity contribution in [3.05, 3.63) is 47.1 Å². The smallest absolute Gasteiger partial charge is 0.283 e. The summed E-state index contributed by atoms with van der Waals surface area (Å²) in [5.41, 5.74) is 1.43. The average Bonchev–Trinajstić information content (AvgIpc) is 2.98. The molecule has 0 unspecified atom stereocenters. The maximum Gasteiger partial charge on any atom is 0.283 e. The molecule has 116 valence electrons. The largest absolute Gasteiger partial charge is 0.411 e. The number of rotatable bonds is 4. The van der Waals surface area contributed by atoms with Crippen LogP contribution in [0.3, 0.4) is 0 Å². The number of hydrogen-bond donors (Lipinski definition) is 1. The Morgan fingerprint density at radius 2 is 2.00 bits per heavy atom. The number of halogens is 1. The lowest BCUT2D eigenvalue weighted by Crippen LogP contribution is -2.07. The van der Waals surface area contributed by atoms with Gasteiger partial charge in [0.05, 0.1) is 5.69 Å². The Morgan fingerprint density at radius 3 is 2.74 bits per heavy atom. The monoisotopic (exact) mass is 390 g/mol. The van der Waals surface area contributed by atoms with E-state index in [9.17, 15) is 4.79 Å². The van der Waals surface area contributed by atoms with E-state index in [1.54, 1.807) is 18.3 Å². The molecule has 0 fully saturated rings. The molecular weight excluding hydrogens is 380 g/mol. The summed E-state index contributed by atoms with van der Waals surface area (Å²) in [4.78, 5) is 15.5. The topological polar surface area (TPSA) is 80.9 Å². The van der Waals surface area contributed by atoms with Crippen LogP contribution in [0.4, 0.5) is 5.69 Å². The molecule has 1 aromatic carbocycles. The maximum absolute atomic E-state index is 11.2. The van der Waals surface area contributed by atoms with Crippen LogP contribution in [-0.4, -0.2) is 21.1 Å². The van der Waals surface area contributed by atoms with Gasteiger partial charge >= 0.3 is 0 Å². The first-order chi connectivity index (χ1) is 11.1. The molecule has 3 rings (SSSR count). The van der Waals surface area contributed by atoms with Gasteiger partial charge in [0.25, 0.3) is 5.22 Å². The second-order valence-corrected chi connectivity index (χ2v) is 6.38. The van der Waals surface area contributed by atoms with E-state index in [0.717, 1.165) is 10.0 Å². The molecule has 0 atom stereocenters. The van der Waals surface area contributed by atoms with Gasteiger partial charge in [-0.2, -0.15) is 0 Å². The average molecular weight is 391 g/mol. The van der Waals surface area contributed by atoms with Crippen LogP contribution in [0.1, 0.15) is 6.92 Å². The minimum Gasteiger partial charge on any atom is -0.411 e. The zero-order valence-electron chi connectivity index (χ0n) is 12.0. The first-order valence-corrected chi connectivity index (χ1v) is 8.22. The third-order valence-electron chi connectivity index (χ3n) is 2.76. The molecule has 1 amide bonds. The Kier molecular flexibility index (Phi) is 4.73. The predicted molar refractivity (Wildman–Crippen MR) is 90.1 cm³/mol. The van der Waals surface area contributed by atoms with Crippen LogP contribution >= 0.6 is 27.7 Å². The number of nitrogens with one attached hydrogen (secondary N) is 1. The minimum absolute atomic E-state index is 0.166. The van der Waals surface area contributed by atoms with Gasteiger partial charge in [-0.15, -0.1) is 10.2 Å². The van der Waals surface area contributed by atoms with Crippen molar-refractivity contribution >= 4 is 39.3 Å². The van der Waals surface area contributed by atoms with Crippen molar-refractivity contribution in [2.24, 2.45) is 0 Å². The van der Waals surface area contributed by atoms with Gasteiger partial charge in [-0.1, -0.05) is 15.9 Å². The molecule has 6 nitrogen and oxygen atoms in total. The normalized spacial score (nSPS) is 10.5. The zero-order chi connectivity index (χ0) is 16.2. The standard InChI is InChI=1S/C15H11BrN4O2S/c1-9(21)18-12-3-2-8-17-14(12)23-15-20-19-13(22-15)10-4-6-11(16)7-5-10/h2-8H,1H3,(H,18,21). The Bertz CT molecular complexity index is 836. The summed E-state index contributed by atoms with van der Waals surface area (Å²) >= 11 is 4.58. The van der Waals surface area contributed by atoms with Crippen molar-refractivity contribution in [1.29, 1.82) is 0 Å². The van der Waals surface area contributed by atoms with E-state index in [1.807, 2.05) is 24.3 Å². The number of aromatic nitrogens is 3. The molecule has 0 aliphatic carbocycles. The highest BCUT2D eigenvalue weighted by Gasteiger charge is 2.13. The third kappa shape index (κ3) is 3.96. The second kappa shape index (κ2) is 6.93. The molecule has 0 bridgehead atoms. The van der Waals surface area contributed by atoms with Crippen molar-refractivity contribution in [1.82, 2.24) is 15.2 Å². The van der Waals surface area contributed by atoms with Crippen molar-refractivity contribution in [2.45, 2.75) is 17.2 Å². The molecule has 0 saturated carbocycles. The number of nitrogens with zero attached hydrogens (tertiary/aromatic N) is 3. The van der Waals surface area contributed by atoms with Crippen LogP contribution < -0.4 is 5.32 Å². The number of carbonyl (C=O) groups excluding carboxylic acids is 1. The van der Waals surface area contributed by atoms with Crippen LogP contribution in [0.25, 0.3) is 11.5 Å². The van der Waals surface area contributed by atoms with Crippen LogP contribution in [0, 0.1) is 0 Å². The van der Waals surface area contributed by atoms with Gasteiger partial charge in [0, 0.05) is 23.2 Å². The number of benzene rings is 1. The van der Waals surface area contributed by atoms with Gasteiger partial charge in [0.1, 0.15) is 5.03 Å². The number of pyridine rings is 1. The first-order valence-electron chi connectivity index (χ1n) is 6.62. The van der Waals surface area contributed by atoms with Gasteiger partial charge in [-0.05, 0) is 48.2 Å². The summed E-state index contributed by atoms with van der Waals surface area (Å²) in [7, 11) is 0. The van der Waals surface area contributed by atoms with E-state index >= 15 is 0 Å². The molecule has 8 heteroatoms. The molecule has 0 saturated heterocycles. The second-order valence-electron chi connectivity index (χ2n) is 4.52. The first kappa shape index (κ1) is 15.7. The summed E-state index contributed by atoms with van der Waals surface area (Å²) in [6.07, 6.45) is 1.64. The fourth-order valence-corrected chi connectivity index (χ4v) is 2.77. The maximum atomic E-state index is 11.2. The van der Waals surface area contributed by atoms with Crippen molar-refractivity contribution < 1.29 is 9.21 Å². The van der Waals surface area contributed by atoms with Gasteiger partial charge in [0.2, 0.25) is 11.8 Å². The van der Waals surface area contributed by atoms with Crippen LogP contribution in [0.2, 0.25) is 0 Å². The van der Waals surface area contributed by atoms with Crippen molar-refractivity contribution in [3.63, 3.8) is 0 Å². The van der Waals surface area contributed by atoms with E-state index in [4.69, 9.17) is 4.42 Å². The summed E-state index contributed by atoms with van der Waals surface area (Å²) < 4.78 is 6.62. The minimum atomic E-state index is -0.166. The van der Waals surface area contributed by atoms with Gasteiger partial charge in [0.15, 0.2) is 0 Å². The number of hydrogen-bond acceptors (Lipinski definition) is 6. The van der Waals surface area contributed by atoms with E-state index in [-0.39, 0.29) is 5.91 Å².